The van der Waals surface area contributed by atoms with Crippen LogP contribution in [-0.4, -0.2) is 53.6 Å². The minimum Gasteiger partial charge on any atom is -0.336 e. The maximum absolute atomic E-state index is 13.1. The Morgan fingerprint density at radius 1 is 1.19 bits per heavy atom. The smallest absolute Gasteiger partial charge is 0.317 e. The number of carbonyl (C=O) groups is 1. The van der Waals surface area contributed by atoms with E-state index >= 15 is 0 Å². The van der Waals surface area contributed by atoms with Crippen molar-refractivity contribution in [1.29, 1.82) is 0 Å². The average Bonchev–Trinajstić information content (AvgIpc) is 3.42. The number of hydrogen-bond donors (Lipinski definition) is 1. The molecule has 2 saturated heterocycles. The van der Waals surface area contributed by atoms with Crippen LogP contribution in [-0.2, 0) is 11.8 Å². The Labute approximate surface area is 186 Å². The zero-order valence-electron chi connectivity index (χ0n) is 19.1. The summed E-state index contributed by atoms with van der Waals surface area (Å²) < 4.78 is 0. The summed E-state index contributed by atoms with van der Waals surface area (Å²) in [4.78, 5) is 18.3. The lowest BCUT2D eigenvalue weighted by Gasteiger charge is -2.66. The first-order chi connectivity index (χ1) is 15.0. The van der Waals surface area contributed by atoms with Crippen molar-refractivity contribution >= 4 is 6.03 Å². The van der Waals surface area contributed by atoms with E-state index in [1.807, 2.05) is 0 Å². The van der Waals surface area contributed by atoms with Gasteiger partial charge in [-0.1, -0.05) is 24.3 Å². The molecule has 4 aliphatic carbocycles. The molecule has 4 nitrogen and oxygen atoms in total. The third-order valence-corrected chi connectivity index (χ3v) is 10.4. The minimum absolute atomic E-state index is 0.185. The maximum atomic E-state index is 13.1. The van der Waals surface area contributed by atoms with Crippen molar-refractivity contribution in [3.05, 3.63) is 35.4 Å². The first-order valence-corrected chi connectivity index (χ1v) is 12.9. The molecule has 2 heterocycles. The minimum atomic E-state index is 0.185. The van der Waals surface area contributed by atoms with Crippen molar-refractivity contribution < 1.29 is 4.79 Å². The standard InChI is InChI=1S/C27H37N3O/c1-17(2)28-25(31)30-16-20-14-26-10-9-22(30)24(20)27(26)11-12-29(15-18-7-8-18)23(26)13-19-5-3-4-6-21(19)27/h3-6,17-18,20,22-24H,7-16H2,1-2H3,(H,28,31)/t20-,22?,23?,24?,26?,27?/m1/s1. The first kappa shape index (κ1) is 19.0. The summed E-state index contributed by atoms with van der Waals surface area (Å²) in [6.45, 7) is 7.75. The highest BCUT2D eigenvalue weighted by Crippen LogP contribution is 2.75. The van der Waals surface area contributed by atoms with E-state index < -0.39 is 0 Å². The summed E-state index contributed by atoms with van der Waals surface area (Å²) in [6, 6.07) is 11.0. The summed E-state index contributed by atoms with van der Waals surface area (Å²) in [5, 5.41) is 3.21. The fraction of sp³-hybridized carbons (Fsp3) is 0.741. The molecule has 5 fully saturated rings. The van der Waals surface area contributed by atoms with Gasteiger partial charge in [-0.25, -0.2) is 4.79 Å². The SMILES string of the molecule is CC(C)NC(=O)N1C[C@H]2CC34CCC1C2C31CCN(CC2CC2)C4Cc2ccccc21. The normalized spacial score (nSPS) is 42.5. The molecule has 2 aliphatic heterocycles. The number of hydrogen-bond acceptors (Lipinski definition) is 2. The third kappa shape index (κ3) is 2.33. The molecule has 5 unspecified atom stereocenters. The second kappa shape index (κ2) is 6.27. The van der Waals surface area contributed by atoms with Gasteiger partial charge in [0, 0.05) is 36.6 Å². The number of fused-ring (bicyclic) bond motifs is 1. The van der Waals surface area contributed by atoms with E-state index in [9.17, 15) is 4.79 Å². The molecule has 7 rings (SSSR count). The predicted octanol–water partition coefficient (Wildman–Crippen LogP) is 4.18. The van der Waals surface area contributed by atoms with Crippen molar-refractivity contribution in [2.24, 2.45) is 23.2 Å². The lowest BCUT2D eigenvalue weighted by molar-refractivity contribution is -0.101. The molecular formula is C27H37N3O. The van der Waals surface area contributed by atoms with Crippen LogP contribution in [0.3, 0.4) is 0 Å². The van der Waals surface area contributed by atoms with Crippen LogP contribution < -0.4 is 5.32 Å². The van der Waals surface area contributed by atoms with E-state index in [-0.39, 0.29) is 12.1 Å². The summed E-state index contributed by atoms with van der Waals surface area (Å²) in [6.07, 6.45) is 9.34. The van der Waals surface area contributed by atoms with Gasteiger partial charge in [-0.3, -0.25) is 4.90 Å². The molecule has 6 atom stereocenters. The molecule has 4 bridgehead atoms. The molecule has 1 N–H and O–H groups in total. The van der Waals surface area contributed by atoms with E-state index in [1.165, 1.54) is 58.0 Å². The molecule has 1 aromatic carbocycles. The fourth-order valence-electron chi connectivity index (χ4n) is 9.48. The van der Waals surface area contributed by atoms with Crippen LogP contribution in [0.1, 0.15) is 63.5 Å². The third-order valence-electron chi connectivity index (χ3n) is 10.4. The van der Waals surface area contributed by atoms with E-state index in [0.717, 1.165) is 18.5 Å². The molecular weight excluding hydrogens is 382 g/mol. The molecule has 2 amide bonds. The lowest BCUT2D eigenvalue weighted by Crippen LogP contribution is -2.70. The van der Waals surface area contributed by atoms with Gasteiger partial charge in [-0.15, -0.1) is 0 Å². The van der Waals surface area contributed by atoms with Crippen LogP contribution in [0.4, 0.5) is 4.79 Å². The summed E-state index contributed by atoms with van der Waals surface area (Å²) in [7, 11) is 0. The highest BCUT2D eigenvalue weighted by atomic mass is 16.2. The van der Waals surface area contributed by atoms with Crippen LogP contribution in [0.2, 0.25) is 0 Å². The zero-order chi connectivity index (χ0) is 21.0. The number of rotatable bonds is 3. The topological polar surface area (TPSA) is 35.6 Å². The number of amides is 2. The summed E-state index contributed by atoms with van der Waals surface area (Å²) in [5.41, 5.74) is 4.05. The van der Waals surface area contributed by atoms with Crippen LogP contribution >= 0.6 is 0 Å². The highest BCUT2D eigenvalue weighted by molar-refractivity contribution is 5.75. The van der Waals surface area contributed by atoms with Crippen molar-refractivity contribution in [2.75, 3.05) is 19.6 Å². The first-order valence-electron chi connectivity index (χ1n) is 12.9. The van der Waals surface area contributed by atoms with Gasteiger partial charge in [0.05, 0.1) is 0 Å². The monoisotopic (exact) mass is 419 g/mol. The van der Waals surface area contributed by atoms with E-state index in [4.69, 9.17) is 0 Å². The molecule has 166 valence electrons. The van der Waals surface area contributed by atoms with Crippen LogP contribution in [0.25, 0.3) is 0 Å². The van der Waals surface area contributed by atoms with E-state index in [1.54, 1.807) is 11.1 Å². The Morgan fingerprint density at radius 3 is 2.84 bits per heavy atom. The number of nitrogens with one attached hydrogen (secondary N) is 1. The van der Waals surface area contributed by atoms with Crippen molar-refractivity contribution in [3.63, 3.8) is 0 Å². The molecule has 1 aromatic rings. The van der Waals surface area contributed by atoms with Gasteiger partial charge in [0.2, 0.25) is 0 Å². The number of likely N-dealkylation sites (tertiary alicyclic amines) is 2. The Balaban J connectivity index is 1.33. The van der Waals surface area contributed by atoms with E-state index in [0.29, 0.717) is 28.7 Å². The van der Waals surface area contributed by atoms with Gasteiger partial charge in [-0.05, 0) is 99.6 Å². The summed E-state index contributed by atoms with van der Waals surface area (Å²) in [5.74, 6) is 2.31. The number of nitrogens with zero attached hydrogens (tertiary/aromatic N) is 2. The van der Waals surface area contributed by atoms with Crippen LogP contribution in [0.15, 0.2) is 24.3 Å². The Morgan fingerprint density at radius 2 is 2.03 bits per heavy atom. The summed E-state index contributed by atoms with van der Waals surface area (Å²) >= 11 is 0. The number of piperidine rings is 1. The zero-order valence-corrected chi connectivity index (χ0v) is 19.1. The molecule has 0 spiro atoms. The van der Waals surface area contributed by atoms with Crippen LogP contribution in [0.5, 0.6) is 0 Å². The van der Waals surface area contributed by atoms with Crippen molar-refractivity contribution in [2.45, 2.75) is 82.3 Å². The molecule has 3 saturated carbocycles. The lowest BCUT2D eigenvalue weighted by atomic mass is 9.43. The average molecular weight is 420 g/mol. The second-order valence-electron chi connectivity index (χ2n) is 12.0. The van der Waals surface area contributed by atoms with Gasteiger partial charge < -0.3 is 10.2 Å². The largest absolute Gasteiger partial charge is 0.336 e. The fourth-order valence-corrected chi connectivity index (χ4v) is 9.48. The van der Waals surface area contributed by atoms with Gasteiger partial charge >= 0.3 is 6.03 Å². The molecule has 4 heteroatoms. The van der Waals surface area contributed by atoms with Gasteiger partial charge in [0.1, 0.15) is 0 Å². The van der Waals surface area contributed by atoms with Gasteiger partial charge in [-0.2, -0.15) is 0 Å². The van der Waals surface area contributed by atoms with Gasteiger partial charge in [0.25, 0.3) is 0 Å². The maximum Gasteiger partial charge on any atom is 0.317 e. The Hall–Kier alpha value is -1.55. The van der Waals surface area contributed by atoms with E-state index in [2.05, 4.69) is 53.2 Å². The number of urea groups is 1. The van der Waals surface area contributed by atoms with Crippen molar-refractivity contribution in [3.8, 4) is 0 Å². The van der Waals surface area contributed by atoms with Crippen molar-refractivity contribution in [1.82, 2.24) is 15.1 Å². The second-order valence-corrected chi connectivity index (χ2v) is 12.0. The number of benzene rings is 1. The number of carbonyl (C=O) groups excluding carboxylic acids is 1. The Bertz CT molecular complexity index is 925. The Kier molecular flexibility index (Phi) is 3.84. The molecule has 0 aromatic heterocycles. The molecule has 6 aliphatic rings. The van der Waals surface area contributed by atoms with Crippen LogP contribution in [0, 0.1) is 23.2 Å². The highest BCUT2D eigenvalue weighted by Gasteiger charge is 2.76. The van der Waals surface area contributed by atoms with Gasteiger partial charge in [0.15, 0.2) is 0 Å². The molecule has 31 heavy (non-hydrogen) atoms. The quantitative estimate of drug-likeness (QED) is 0.798. The predicted molar refractivity (Wildman–Crippen MR) is 122 cm³/mol. The molecule has 0 radical (unpaired) electrons.